The highest BCUT2D eigenvalue weighted by Gasteiger charge is 2.20. The number of rotatable bonds is 8. The van der Waals surface area contributed by atoms with Gasteiger partial charge in [-0.25, -0.2) is 4.39 Å². The van der Waals surface area contributed by atoms with E-state index in [4.69, 9.17) is 4.74 Å². The van der Waals surface area contributed by atoms with E-state index >= 15 is 0 Å². The van der Waals surface area contributed by atoms with Crippen LogP contribution in [-0.2, 0) is 4.74 Å². The standard InChI is InChI=1S/C15H23FN2O3/c1-4-8-17-14-12(6-5-7-13(14)16)15(20)18(2)9-11(19)10-21-3/h5-7,11,17,19H,4,8-10H2,1-3H3. The predicted octanol–water partition coefficient (Wildman–Crippen LogP) is 1.73. The number of anilines is 1. The molecular weight excluding hydrogens is 275 g/mol. The average molecular weight is 298 g/mol. The van der Waals surface area contributed by atoms with Crippen LogP contribution in [0.5, 0.6) is 0 Å². The molecule has 0 aromatic heterocycles. The number of methoxy groups -OCH3 is 1. The Morgan fingerprint density at radius 3 is 2.86 bits per heavy atom. The Balaban J connectivity index is 2.88. The summed E-state index contributed by atoms with van der Waals surface area (Å²) in [5.74, 6) is -0.802. The SMILES string of the molecule is CCCNc1c(F)cccc1C(=O)N(C)CC(O)COC. The number of nitrogens with one attached hydrogen (secondary N) is 1. The Labute approximate surface area is 124 Å². The molecule has 5 nitrogen and oxygen atoms in total. The van der Waals surface area contributed by atoms with Crippen LogP contribution in [-0.4, -0.2) is 55.9 Å². The van der Waals surface area contributed by atoms with Crippen LogP contribution in [0.25, 0.3) is 0 Å². The summed E-state index contributed by atoms with van der Waals surface area (Å²) in [5.41, 5.74) is 0.466. The molecule has 1 amide bonds. The summed E-state index contributed by atoms with van der Waals surface area (Å²) in [4.78, 5) is 13.7. The van der Waals surface area contributed by atoms with E-state index in [0.717, 1.165) is 6.42 Å². The second kappa shape index (κ2) is 8.59. The second-order valence-corrected chi connectivity index (χ2v) is 4.88. The fraction of sp³-hybridized carbons (Fsp3) is 0.533. The van der Waals surface area contributed by atoms with Crippen molar-refractivity contribution in [2.24, 2.45) is 0 Å². The minimum Gasteiger partial charge on any atom is -0.389 e. The summed E-state index contributed by atoms with van der Waals surface area (Å²) in [6.07, 6.45) is 0.0502. The molecule has 0 saturated carbocycles. The van der Waals surface area contributed by atoms with Crippen molar-refractivity contribution in [3.05, 3.63) is 29.6 Å². The zero-order valence-corrected chi connectivity index (χ0v) is 12.7. The number of aliphatic hydroxyl groups is 1. The van der Waals surface area contributed by atoms with E-state index in [0.29, 0.717) is 6.54 Å². The molecule has 0 fully saturated rings. The number of hydrogen-bond acceptors (Lipinski definition) is 4. The minimum atomic E-state index is -0.774. The van der Waals surface area contributed by atoms with Gasteiger partial charge in [0, 0.05) is 27.2 Å². The third-order valence-electron chi connectivity index (χ3n) is 2.99. The van der Waals surface area contributed by atoms with Gasteiger partial charge in [0.05, 0.1) is 24.0 Å². The Morgan fingerprint density at radius 1 is 1.52 bits per heavy atom. The number of hydrogen-bond donors (Lipinski definition) is 2. The second-order valence-electron chi connectivity index (χ2n) is 4.88. The van der Waals surface area contributed by atoms with Crippen molar-refractivity contribution in [3.63, 3.8) is 0 Å². The molecule has 6 heteroatoms. The first-order chi connectivity index (χ1) is 10.0. The molecule has 1 rings (SSSR count). The van der Waals surface area contributed by atoms with E-state index in [1.54, 1.807) is 13.1 Å². The third kappa shape index (κ3) is 4.99. The molecule has 118 valence electrons. The van der Waals surface area contributed by atoms with Crippen molar-refractivity contribution >= 4 is 11.6 Å². The molecule has 0 heterocycles. The van der Waals surface area contributed by atoms with Crippen molar-refractivity contribution in [1.82, 2.24) is 4.90 Å². The van der Waals surface area contributed by atoms with Gasteiger partial charge in [0.25, 0.3) is 5.91 Å². The van der Waals surface area contributed by atoms with E-state index in [9.17, 15) is 14.3 Å². The van der Waals surface area contributed by atoms with Crippen LogP contribution in [0.3, 0.4) is 0 Å². The number of carbonyl (C=O) groups excluding carboxylic acids is 1. The normalized spacial score (nSPS) is 12.0. The summed E-state index contributed by atoms with van der Waals surface area (Å²) >= 11 is 0. The van der Waals surface area contributed by atoms with Gasteiger partial charge < -0.3 is 20.1 Å². The number of amides is 1. The van der Waals surface area contributed by atoms with Crippen LogP contribution < -0.4 is 5.32 Å². The molecule has 2 N–H and O–H groups in total. The van der Waals surface area contributed by atoms with Gasteiger partial charge in [-0.2, -0.15) is 0 Å². The zero-order chi connectivity index (χ0) is 15.8. The molecule has 0 saturated heterocycles. The van der Waals surface area contributed by atoms with Crippen LogP contribution in [0, 0.1) is 5.82 Å². The summed E-state index contributed by atoms with van der Waals surface area (Å²) in [6, 6.07) is 4.39. The molecule has 0 aliphatic rings. The molecular formula is C15H23FN2O3. The van der Waals surface area contributed by atoms with Crippen LogP contribution in [0.1, 0.15) is 23.7 Å². The lowest BCUT2D eigenvalue weighted by Gasteiger charge is -2.22. The van der Waals surface area contributed by atoms with Crippen molar-refractivity contribution in [1.29, 1.82) is 0 Å². The third-order valence-corrected chi connectivity index (χ3v) is 2.99. The van der Waals surface area contributed by atoms with Crippen LogP contribution in [0.15, 0.2) is 18.2 Å². The number of carbonyl (C=O) groups is 1. The van der Waals surface area contributed by atoms with Crippen molar-refractivity contribution in [3.8, 4) is 0 Å². The first-order valence-electron chi connectivity index (χ1n) is 6.96. The number of ether oxygens (including phenoxy) is 1. The maximum atomic E-state index is 13.9. The summed E-state index contributed by atoms with van der Waals surface area (Å²) in [6.45, 7) is 2.80. The molecule has 0 spiro atoms. The molecule has 1 aromatic rings. The van der Waals surface area contributed by atoms with Crippen molar-refractivity contribution < 1.29 is 19.0 Å². The Hall–Kier alpha value is -1.66. The lowest BCUT2D eigenvalue weighted by atomic mass is 10.1. The Bertz CT molecular complexity index is 468. The lowest BCUT2D eigenvalue weighted by molar-refractivity contribution is 0.0380. The molecule has 1 aromatic carbocycles. The summed E-state index contributed by atoms with van der Waals surface area (Å²) < 4.78 is 18.7. The maximum Gasteiger partial charge on any atom is 0.255 e. The number of nitrogens with zero attached hydrogens (tertiary/aromatic N) is 1. The first kappa shape index (κ1) is 17.4. The van der Waals surface area contributed by atoms with Gasteiger partial charge in [0.2, 0.25) is 0 Å². The molecule has 0 aliphatic carbocycles. The fourth-order valence-electron chi connectivity index (χ4n) is 1.98. The van der Waals surface area contributed by atoms with Crippen LogP contribution in [0.2, 0.25) is 0 Å². The van der Waals surface area contributed by atoms with Gasteiger partial charge in [-0.3, -0.25) is 4.79 Å². The Morgan fingerprint density at radius 2 is 2.24 bits per heavy atom. The molecule has 0 radical (unpaired) electrons. The summed E-state index contributed by atoms with van der Waals surface area (Å²) in [5, 5.41) is 12.6. The molecule has 1 unspecified atom stereocenters. The van der Waals surface area contributed by atoms with Gasteiger partial charge in [-0.1, -0.05) is 13.0 Å². The number of para-hydroxylation sites is 1. The lowest BCUT2D eigenvalue weighted by Crippen LogP contribution is -2.36. The van der Waals surface area contributed by atoms with Gasteiger partial charge in [-0.05, 0) is 18.6 Å². The van der Waals surface area contributed by atoms with Crippen molar-refractivity contribution in [2.45, 2.75) is 19.4 Å². The van der Waals surface area contributed by atoms with E-state index in [-0.39, 0.29) is 30.3 Å². The maximum absolute atomic E-state index is 13.9. The quantitative estimate of drug-likeness (QED) is 0.767. The first-order valence-corrected chi connectivity index (χ1v) is 6.96. The van der Waals surface area contributed by atoms with E-state index in [1.165, 1.54) is 24.1 Å². The molecule has 0 aliphatic heterocycles. The fourth-order valence-corrected chi connectivity index (χ4v) is 1.98. The van der Waals surface area contributed by atoms with E-state index < -0.39 is 11.9 Å². The van der Waals surface area contributed by atoms with Crippen LogP contribution >= 0.6 is 0 Å². The zero-order valence-electron chi connectivity index (χ0n) is 12.7. The molecule has 1 atom stereocenters. The highest BCUT2D eigenvalue weighted by atomic mass is 19.1. The average Bonchev–Trinajstić information content (AvgIpc) is 2.45. The van der Waals surface area contributed by atoms with Gasteiger partial charge in [0.1, 0.15) is 5.82 Å². The smallest absolute Gasteiger partial charge is 0.255 e. The molecule has 21 heavy (non-hydrogen) atoms. The predicted molar refractivity (Wildman–Crippen MR) is 80.0 cm³/mol. The van der Waals surface area contributed by atoms with Gasteiger partial charge in [0.15, 0.2) is 0 Å². The van der Waals surface area contributed by atoms with E-state index in [2.05, 4.69) is 5.32 Å². The summed E-state index contributed by atoms with van der Waals surface area (Å²) in [7, 11) is 3.04. The topological polar surface area (TPSA) is 61.8 Å². The largest absolute Gasteiger partial charge is 0.389 e. The highest BCUT2D eigenvalue weighted by molar-refractivity contribution is 5.99. The Kier molecular flexibility index (Phi) is 7.11. The molecule has 0 bridgehead atoms. The monoisotopic (exact) mass is 298 g/mol. The van der Waals surface area contributed by atoms with Gasteiger partial charge >= 0.3 is 0 Å². The highest BCUT2D eigenvalue weighted by Crippen LogP contribution is 2.21. The number of likely N-dealkylation sites (N-methyl/N-ethyl adjacent to an activating group) is 1. The number of aliphatic hydroxyl groups excluding tert-OH is 1. The van der Waals surface area contributed by atoms with Crippen molar-refractivity contribution in [2.75, 3.05) is 39.2 Å². The number of benzene rings is 1. The van der Waals surface area contributed by atoms with Gasteiger partial charge in [-0.15, -0.1) is 0 Å². The van der Waals surface area contributed by atoms with Crippen LogP contribution in [0.4, 0.5) is 10.1 Å². The van der Waals surface area contributed by atoms with E-state index in [1.807, 2.05) is 6.92 Å². The minimum absolute atomic E-state index is 0.121. The number of halogens is 1.